The predicted molar refractivity (Wildman–Crippen MR) is 121 cm³/mol. The fraction of sp³-hybridized carbons (Fsp3) is 0.435. The van der Waals surface area contributed by atoms with Gasteiger partial charge in [-0.05, 0) is 49.6 Å². The summed E-state index contributed by atoms with van der Waals surface area (Å²) in [4.78, 5) is 11.7. The molecule has 2 N–H and O–H groups in total. The summed E-state index contributed by atoms with van der Waals surface area (Å²) in [6.45, 7) is 9.59. The number of carbonyl (C=O) groups excluding carboxylic acids is 1. The van der Waals surface area contributed by atoms with E-state index in [1.807, 2.05) is 69.3 Å². The first-order chi connectivity index (χ1) is 14.1. The van der Waals surface area contributed by atoms with E-state index in [9.17, 15) is 13.2 Å². The zero-order chi connectivity index (χ0) is 22.3. The van der Waals surface area contributed by atoms with E-state index in [-0.39, 0.29) is 24.5 Å². The smallest absolute Gasteiger partial charge is 0.222 e. The Hall–Kier alpha value is -2.38. The molecule has 0 aromatic heterocycles. The van der Waals surface area contributed by atoms with Crippen LogP contribution < -0.4 is 14.8 Å². The van der Waals surface area contributed by atoms with Gasteiger partial charge in [0.15, 0.2) is 0 Å². The van der Waals surface area contributed by atoms with E-state index in [4.69, 9.17) is 4.74 Å². The first-order valence-corrected chi connectivity index (χ1v) is 11.8. The maximum absolute atomic E-state index is 11.8. The molecule has 0 saturated heterocycles. The molecule has 1 unspecified atom stereocenters. The second kappa shape index (κ2) is 10.6. The van der Waals surface area contributed by atoms with Gasteiger partial charge in [0, 0.05) is 19.0 Å². The normalized spacial score (nSPS) is 12.8. The summed E-state index contributed by atoms with van der Waals surface area (Å²) in [7, 11) is -3.30. The van der Waals surface area contributed by atoms with E-state index in [1.54, 1.807) is 13.8 Å². The van der Waals surface area contributed by atoms with Crippen LogP contribution in [0.25, 0.3) is 11.1 Å². The van der Waals surface area contributed by atoms with Crippen LogP contribution in [0.1, 0.15) is 40.2 Å². The molecule has 0 fully saturated rings. The van der Waals surface area contributed by atoms with E-state index < -0.39 is 15.3 Å². The van der Waals surface area contributed by atoms with Crippen LogP contribution >= 0.6 is 0 Å². The second-order valence-corrected chi connectivity index (χ2v) is 10.3. The highest BCUT2D eigenvalue weighted by molar-refractivity contribution is 7.90. The average Bonchev–Trinajstić information content (AvgIpc) is 2.71. The van der Waals surface area contributed by atoms with Crippen LogP contribution in [0, 0.1) is 5.92 Å². The number of ether oxygens (including phenoxy) is 1. The monoisotopic (exact) mass is 432 g/mol. The summed E-state index contributed by atoms with van der Waals surface area (Å²) < 4.78 is 32.0. The first kappa shape index (κ1) is 23.9. The van der Waals surface area contributed by atoms with Crippen molar-refractivity contribution in [3.05, 3.63) is 54.1 Å². The van der Waals surface area contributed by atoms with Crippen LogP contribution in [0.3, 0.4) is 0 Å². The highest BCUT2D eigenvalue weighted by Gasteiger charge is 2.17. The molecule has 2 aromatic carbocycles. The fourth-order valence-electron chi connectivity index (χ4n) is 2.61. The van der Waals surface area contributed by atoms with Gasteiger partial charge in [-0.2, -0.15) is 0 Å². The number of rotatable bonds is 10. The minimum absolute atomic E-state index is 0.0249. The molecular formula is C23H32N2O4S. The SMILES string of the molecule is CC(CNS(=O)(=O)C(C)C)Oc1ccc(-c2ccc(CNC(=O)C(C)C)cc2)cc1. The van der Waals surface area contributed by atoms with Gasteiger partial charge in [0.25, 0.3) is 0 Å². The number of nitrogens with one attached hydrogen (secondary N) is 2. The quantitative estimate of drug-likeness (QED) is 0.599. The molecule has 0 aliphatic heterocycles. The van der Waals surface area contributed by atoms with Gasteiger partial charge in [0.05, 0.1) is 5.25 Å². The maximum Gasteiger partial charge on any atom is 0.222 e. The average molecular weight is 433 g/mol. The number of sulfonamides is 1. The lowest BCUT2D eigenvalue weighted by Crippen LogP contribution is -2.37. The Morgan fingerprint density at radius 1 is 0.900 bits per heavy atom. The molecule has 0 aliphatic carbocycles. The molecule has 30 heavy (non-hydrogen) atoms. The number of carbonyl (C=O) groups is 1. The Morgan fingerprint density at radius 2 is 1.43 bits per heavy atom. The molecule has 0 aliphatic rings. The van der Waals surface area contributed by atoms with Crippen molar-refractivity contribution >= 4 is 15.9 Å². The van der Waals surface area contributed by atoms with Gasteiger partial charge in [0.1, 0.15) is 11.9 Å². The van der Waals surface area contributed by atoms with Crippen LogP contribution in [-0.4, -0.2) is 32.2 Å². The van der Waals surface area contributed by atoms with Crippen LogP contribution in [0.2, 0.25) is 0 Å². The Bertz CT molecular complexity index is 921. The summed E-state index contributed by atoms with van der Waals surface area (Å²) in [5, 5.41) is 2.44. The number of hydrogen-bond donors (Lipinski definition) is 2. The second-order valence-electron chi connectivity index (χ2n) is 7.96. The third kappa shape index (κ3) is 7.15. The molecule has 6 nitrogen and oxygen atoms in total. The van der Waals surface area contributed by atoms with Crippen LogP contribution in [0.5, 0.6) is 5.75 Å². The first-order valence-electron chi connectivity index (χ1n) is 10.2. The van der Waals surface area contributed by atoms with Crippen molar-refractivity contribution in [3.63, 3.8) is 0 Å². The van der Waals surface area contributed by atoms with Crippen LogP contribution in [0.4, 0.5) is 0 Å². The number of amides is 1. The topological polar surface area (TPSA) is 84.5 Å². The van der Waals surface area contributed by atoms with Crippen molar-refractivity contribution in [2.24, 2.45) is 5.92 Å². The molecule has 164 valence electrons. The molecule has 7 heteroatoms. The van der Waals surface area contributed by atoms with Crippen LogP contribution in [-0.2, 0) is 21.4 Å². The van der Waals surface area contributed by atoms with Gasteiger partial charge in [-0.15, -0.1) is 0 Å². The molecule has 2 rings (SSSR count). The zero-order valence-corrected chi connectivity index (χ0v) is 19.1. The van der Waals surface area contributed by atoms with E-state index in [2.05, 4.69) is 10.0 Å². The fourth-order valence-corrected chi connectivity index (χ4v) is 3.41. The van der Waals surface area contributed by atoms with Crippen molar-refractivity contribution in [2.75, 3.05) is 6.54 Å². The molecule has 1 atom stereocenters. The molecule has 0 spiro atoms. The summed E-state index contributed by atoms with van der Waals surface area (Å²) in [6.07, 6.45) is -0.287. The number of hydrogen-bond acceptors (Lipinski definition) is 4. The van der Waals surface area contributed by atoms with E-state index in [0.717, 1.165) is 16.7 Å². The lowest BCUT2D eigenvalue weighted by atomic mass is 10.0. The Labute approximate surface area is 180 Å². The summed E-state index contributed by atoms with van der Waals surface area (Å²) >= 11 is 0. The van der Waals surface area contributed by atoms with Gasteiger partial charge in [-0.25, -0.2) is 13.1 Å². The molecule has 2 aromatic rings. The van der Waals surface area contributed by atoms with Crippen molar-refractivity contribution in [2.45, 2.75) is 52.5 Å². The van der Waals surface area contributed by atoms with Crippen molar-refractivity contribution < 1.29 is 17.9 Å². The Kier molecular flexibility index (Phi) is 8.43. The van der Waals surface area contributed by atoms with E-state index in [0.29, 0.717) is 12.3 Å². The lowest BCUT2D eigenvalue weighted by molar-refractivity contribution is -0.124. The highest BCUT2D eigenvalue weighted by Crippen LogP contribution is 2.23. The van der Waals surface area contributed by atoms with E-state index in [1.165, 1.54) is 0 Å². The largest absolute Gasteiger partial charge is 0.489 e. The molecular weight excluding hydrogens is 400 g/mol. The summed E-state index contributed by atoms with van der Waals surface area (Å²) in [5.41, 5.74) is 3.16. The maximum atomic E-state index is 11.8. The van der Waals surface area contributed by atoms with Crippen molar-refractivity contribution in [3.8, 4) is 16.9 Å². The molecule has 0 bridgehead atoms. The van der Waals surface area contributed by atoms with Gasteiger partial charge in [0.2, 0.25) is 15.9 Å². The lowest BCUT2D eigenvalue weighted by Gasteiger charge is -2.17. The van der Waals surface area contributed by atoms with Gasteiger partial charge in [-0.1, -0.05) is 50.2 Å². The van der Waals surface area contributed by atoms with Crippen molar-refractivity contribution in [1.29, 1.82) is 0 Å². The Morgan fingerprint density at radius 3 is 1.93 bits per heavy atom. The standard InChI is InChI=1S/C23H32N2O4S/c1-16(2)23(26)24-15-19-6-8-20(9-7-19)21-10-12-22(13-11-21)29-18(5)14-25-30(27,28)17(3)4/h6-13,16-18,25H,14-15H2,1-5H3,(H,24,26). The summed E-state index contributed by atoms with van der Waals surface area (Å²) in [5.74, 6) is 0.701. The third-order valence-corrected chi connectivity index (χ3v) is 6.47. The Balaban J connectivity index is 1.91. The molecule has 0 saturated carbocycles. The zero-order valence-electron chi connectivity index (χ0n) is 18.3. The van der Waals surface area contributed by atoms with Gasteiger partial charge >= 0.3 is 0 Å². The van der Waals surface area contributed by atoms with Gasteiger partial charge in [-0.3, -0.25) is 4.79 Å². The molecule has 1 amide bonds. The van der Waals surface area contributed by atoms with Gasteiger partial charge < -0.3 is 10.1 Å². The van der Waals surface area contributed by atoms with E-state index >= 15 is 0 Å². The molecule has 0 heterocycles. The minimum atomic E-state index is -3.30. The third-order valence-electron chi connectivity index (χ3n) is 4.66. The highest BCUT2D eigenvalue weighted by atomic mass is 32.2. The van der Waals surface area contributed by atoms with Crippen molar-refractivity contribution in [1.82, 2.24) is 10.0 Å². The number of benzene rings is 2. The predicted octanol–water partition coefficient (Wildman–Crippen LogP) is 3.72. The minimum Gasteiger partial charge on any atom is -0.489 e. The molecule has 0 radical (unpaired) electrons. The summed E-state index contributed by atoms with van der Waals surface area (Å²) in [6, 6.07) is 15.7. The van der Waals surface area contributed by atoms with Crippen LogP contribution in [0.15, 0.2) is 48.5 Å².